The third-order valence-electron chi connectivity index (χ3n) is 3.78. The van der Waals surface area contributed by atoms with Crippen LogP contribution in [-0.4, -0.2) is 35.6 Å². The van der Waals surface area contributed by atoms with E-state index in [4.69, 9.17) is 0 Å². The number of rotatable bonds is 4. The van der Waals surface area contributed by atoms with Crippen molar-refractivity contribution in [2.45, 2.75) is 31.5 Å². The zero-order valence-corrected chi connectivity index (χ0v) is 11.7. The summed E-state index contributed by atoms with van der Waals surface area (Å²) in [4.78, 5) is 13.5. The number of halogens is 3. The van der Waals surface area contributed by atoms with E-state index in [1.807, 2.05) is 0 Å². The van der Waals surface area contributed by atoms with Gasteiger partial charge in [0.05, 0.1) is 18.1 Å². The number of amides is 1. The molecule has 0 radical (unpaired) electrons. The van der Waals surface area contributed by atoms with Gasteiger partial charge in [-0.1, -0.05) is 18.2 Å². The minimum atomic E-state index is -4.40. The van der Waals surface area contributed by atoms with Crippen LogP contribution in [0.15, 0.2) is 24.3 Å². The highest BCUT2D eigenvalue weighted by molar-refractivity contribution is 5.78. The summed E-state index contributed by atoms with van der Waals surface area (Å²) in [5.74, 6) is 0.0752. The molecule has 21 heavy (non-hydrogen) atoms. The van der Waals surface area contributed by atoms with Gasteiger partial charge in [0.15, 0.2) is 0 Å². The van der Waals surface area contributed by atoms with Gasteiger partial charge < -0.3 is 10.0 Å². The molecule has 0 aromatic heterocycles. The molecule has 0 spiro atoms. The lowest BCUT2D eigenvalue weighted by Gasteiger charge is -2.34. The van der Waals surface area contributed by atoms with Crippen molar-refractivity contribution in [1.29, 1.82) is 0 Å². The van der Waals surface area contributed by atoms with E-state index >= 15 is 0 Å². The van der Waals surface area contributed by atoms with Gasteiger partial charge in [0.1, 0.15) is 0 Å². The second-order valence-corrected chi connectivity index (χ2v) is 5.64. The summed E-state index contributed by atoms with van der Waals surface area (Å²) >= 11 is 0. The SMILES string of the molecule is CN(CC1CC(O)C1)C(=O)Cc1cccc(C(F)(F)F)c1. The predicted octanol–water partition coefficient (Wildman–Crippen LogP) is 2.48. The average Bonchev–Trinajstić information content (AvgIpc) is 2.36. The van der Waals surface area contributed by atoms with Gasteiger partial charge in [-0.2, -0.15) is 13.2 Å². The molecule has 2 rings (SSSR count). The minimum absolute atomic E-state index is 0.0459. The van der Waals surface area contributed by atoms with Crippen molar-refractivity contribution in [1.82, 2.24) is 4.90 Å². The van der Waals surface area contributed by atoms with Crippen molar-refractivity contribution in [3.05, 3.63) is 35.4 Å². The monoisotopic (exact) mass is 301 g/mol. The van der Waals surface area contributed by atoms with Crippen LogP contribution in [0, 0.1) is 5.92 Å². The van der Waals surface area contributed by atoms with Crippen LogP contribution in [0.3, 0.4) is 0 Å². The van der Waals surface area contributed by atoms with Crippen molar-refractivity contribution in [2.75, 3.05) is 13.6 Å². The highest BCUT2D eigenvalue weighted by atomic mass is 19.4. The van der Waals surface area contributed by atoms with E-state index in [-0.39, 0.29) is 24.3 Å². The molecule has 6 heteroatoms. The normalized spacial score (nSPS) is 21.8. The lowest BCUT2D eigenvalue weighted by atomic mass is 9.82. The molecule has 1 aromatic carbocycles. The highest BCUT2D eigenvalue weighted by Crippen LogP contribution is 2.30. The van der Waals surface area contributed by atoms with Crippen molar-refractivity contribution in [2.24, 2.45) is 5.92 Å². The Kier molecular flexibility index (Phi) is 4.56. The molecule has 0 bridgehead atoms. The molecule has 1 saturated carbocycles. The average molecular weight is 301 g/mol. The molecule has 3 nitrogen and oxygen atoms in total. The van der Waals surface area contributed by atoms with E-state index in [0.717, 1.165) is 12.1 Å². The second kappa shape index (κ2) is 6.05. The van der Waals surface area contributed by atoms with E-state index in [1.54, 1.807) is 7.05 Å². The first kappa shape index (κ1) is 15.8. The Labute approximate surface area is 121 Å². The second-order valence-electron chi connectivity index (χ2n) is 5.64. The maximum atomic E-state index is 12.6. The molecule has 1 aliphatic rings. The molecule has 116 valence electrons. The number of aliphatic hydroxyl groups excluding tert-OH is 1. The third-order valence-corrected chi connectivity index (χ3v) is 3.78. The molecule has 1 fully saturated rings. The molecule has 1 N–H and O–H groups in total. The molecule has 1 aromatic rings. The van der Waals surface area contributed by atoms with Gasteiger partial charge in [0.25, 0.3) is 0 Å². The fourth-order valence-corrected chi connectivity index (χ4v) is 2.51. The number of hydrogen-bond acceptors (Lipinski definition) is 2. The topological polar surface area (TPSA) is 40.5 Å². The first-order valence-electron chi connectivity index (χ1n) is 6.84. The largest absolute Gasteiger partial charge is 0.416 e. The lowest BCUT2D eigenvalue weighted by molar-refractivity contribution is -0.138. The summed E-state index contributed by atoms with van der Waals surface area (Å²) in [6.45, 7) is 0.537. The van der Waals surface area contributed by atoms with E-state index in [2.05, 4.69) is 0 Å². The number of carbonyl (C=O) groups is 1. The zero-order valence-electron chi connectivity index (χ0n) is 11.7. The molecule has 1 aliphatic carbocycles. The fourth-order valence-electron chi connectivity index (χ4n) is 2.51. The molecule has 0 unspecified atom stereocenters. The van der Waals surface area contributed by atoms with Crippen LogP contribution in [0.2, 0.25) is 0 Å². The van der Waals surface area contributed by atoms with Gasteiger partial charge in [-0.05, 0) is 30.4 Å². The molecule has 0 atom stereocenters. The standard InChI is InChI=1S/C15H18F3NO2/c1-19(9-11-6-13(20)7-11)14(21)8-10-3-2-4-12(5-10)15(16,17)18/h2-5,11,13,20H,6-9H2,1H3. The van der Waals surface area contributed by atoms with Crippen molar-refractivity contribution in [3.8, 4) is 0 Å². The number of benzene rings is 1. The summed E-state index contributed by atoms with van der Waals surface area (Å²) in [5.41, 5.74) is -0.382. The van der Waals surface area contributed by atoms with Gasteiger partial charge >= 0.3 is 6.18 Å². The smallest absolute Gasteiger partial charge is 0.393 e. The van der Waals surface area contributed by atoms with Crippen LogP contribution in [0.1, 0.15) is 24.0 Å². The molecular weight excluding hydrogens is 283 g/mol. The van der Waals surface area contributed by atoms with Crippen molar-refractivity contribution < 1.29 is 23.1 Å². The van der Waals surface area contributed by atoms with Crippen LogP contribution in [-0.2, 0) is 17.4 Å². The fraction of sp³-hybridized carbons (Fsp3) is 0.533. The summed E-state index contributed by atoms with van der Waals surface area (Å²) in [6, 6.07) is 4.84. The Morgan fingerprint density at radius 3 is 2.62 bits per heavy atom. The van der Waals surface area contributed by atoms with Crippen LogP contribution in [0.4, 0.5) is 13.2 Å². The predicted molar refractivity (Wildman–Crippen MR) is 71.5 cm³/mol. The Balaban J connectivity index is 1.93. The molecule has 0 aliphatic heterocycles. The maximum absolute atomic E-state index is 12.6. The minimum Gasteiger partial charge on any atom is -0.393 e. The van der Waals surface area contributed by atoms with Crippen LogP contribution >= 0.6 is 0 Å². The molecule has 1 amide bonds. The van der Waals surface area contributed by atoms with E-state index < -0.39 is 11.7 Å². The van der Waals surface area contributed by atoms with Gasteiger partial charge in [-0.25, -0.2) is 0 Å². The van der Waals surface area contributed by atoms with Gasteiger partial charge in [0.2, 0.25) is 5.91 Å². The number of nitrogens with zero attached hydrogens (tertiary/aromatic N) is 1. The van der Waals surface area contributed by atoms with E-state index in [1.165, 1.54) is 17.0 Å². The lowest BCUT2D eigenvalue weighted by Crippen LogP contribution is -2.40. The Bertz CT molecular complexity index is 510. The molecule has 0 heterocycles. The number of aliphatic hydroxyl groups is 1. The first-order valence-corrected chi connectivity index (χ1v) is 6.84. The zero-order chi connectivity index (χ0) is 15.6. The first-order chi connectivity index (χ1) is 9.75. The third kappa shape index (κ3) is 4.20. The Morgan fingerprint density at radius 1 is 1.38 bits per heavy atom. The maximum Gasteiger partial charge on any atom is 0.416 e. The van der Waals surface area contributed by atoms with Crippen LogP contribution in [0.25, 0.3) is 0 Å². The van der Waals surface area contributed by atoms with Crippen LogP contribution < -0.4 is 0 Å². The van der Waals surface area contributed by atoms with Gasteiger partial charge in [-0.15, -0.1) is 0 Å². The molecular formula is C15H18F3NO2. The summed E-state index contributed by atoms with van der Waals surface area (Å²) in [5, 5.41) is 9.20. The Hall–Kier alpha value is -1.56. The van der Waals surface area contributed by atoms with Gasteiger partial charge in [0, 0.05) is 13.6 Å². The summed E-state index contributed by atoms with van der Waals surface area (Å²) in [6.07, 6.45) is -3.35. The van der Waals surface area contributed by atoms with Gasteiger partial charge in [-0.3, -0.25) is 4.79 Å². The van der Waals surface area contributed by atoms with Crippen LogP contribution in [0.5, 0.6) is 0 Å². The molecule has 0 saturated heterocycles. The van der Waals surface area contributed by atoms with E-state index in [9.17, 15) is 23.1 Å². The summed E-state index contributed by atoms with van der Waals surface area (Å²) < 4.78 is 37.8. The number of carbonyl (C=O) groups excluding carboxylic acids is 1. The number of hydrogen-bond donors (Lipinski definition) is 1. The quantitative estimate of drug-likeness (QED) is 0.928. The summed E-state index contributed by atoms with van der Waals surface area (Å²) in [7, 11) is 1.64. The van der Waals surface area contributed by atoms with Crippen molar-refractivity contribution >= 4 is 5.91 Å². The Morgan fingerprint density at radius 2 is 2.05 bits per heavy atom. The number of likely N-dealkylation sites (N-methyl/N-ethyl adjacent to an activating group) is 1. The van der Waals surface area contributed by atoms with Crippen molar-refractivity contribution in [3.63, 3.8) is 0 Å². The highest BCUT2D eigenvalue weighted by Gasteiger charge is 2.31. The number of alkyl halides is 3. The van der Waals surface area contributed by atoms with E-state index in [0.29, 0.717) is 24.9 Å².